The van der Waals surface area contributed by atoms with E-state index in [0.717, 1.165) is 0 Å². The van der Waals surface area contributed by atoms with Crippen molar-refractivity contribution in [2.75, 3.05) is 6.61 Å². The van der Waals surface area contributed by atoms with Crippen LogP contribution in [0.2, 0.25) is 0 Å². The van der Waals surface area contributed by atoms with E-state index in [1.54, 1.807) is 13.8 Å². The number of carbonyl (C=O) groups excluding carboxylic acids is 1. The number of hydrogen-bond donors (Lipinski definition) is 0. The molecule has 1 unspecified atom stereocenters. The van der Waals surface area contributed by atoms with Crippen molar-refractivity contribution in [2.24, 2.45) is 5.92 Å². The molecule has 0 aromatic carbocycles. The van der Waals surface area contributed by atoms with E-state index in [0.29, 0.717) is 0 Å². The molecule has 0 aromatic heterocycles. The number of rotatable bonds is 4. The van der Waals surface area contributed by atoms with Crippen LogP contribution in [0.4, 0.5) is 4.39 Å². The van der Waals surface area contributed by atoms with Crippen molar-refractivity contribution >= 4 is 6.47 Å². The molecule has 0 bridgehead atoms. The zero-order chi connectivity index (χ0) is 7.28. The molecule has 9 heavy (non-hydrogen) atoms. The number of hydrogen-bond acceptors (Lipinski definition) is 2. The van der Waals surface area contributed by atoms with Gasteiger partial charge in [-0.2, -0.15) is 0 Å². The van der Waals surface area contributed by atoms with Crippen LogP contribution in [0, 0.1) is 5.92 Å². The van der Waals surface area contributed by atoms with Gasteiger partial charge < -0.3 is 4.74 Å². The van der Waals surface area contributed by atoms with E-state index in [1.807, 2.05) is 0 Å². The van der Waals surface area contributed by atoms with Gasteiger partial charge >= 0.3 is 0 Å². The lowest BCUT2D eigenvalue weighted by Gasteiger charge is -2.08. The largest absolute Gasteiger partial charge is 0.465 e. The summed E-state index contributed by atoms with van der Waals surface area (Å²) in [5.74, 6) is -0.0788. The van der Waals surface area contributed by atoms with Gasteiger partial charge in [-0.3, -0.25) is 4.79 Å². The van der Waals surface area contributed by atoms with E-state index in [4.69, 9.17) is 0 Å². The molecule has 0 aromatic rings. The first kappa shape index (κ1) is 8.40. The summed E-state index contributed by atoms with van der Waals surface area (Å²) in [5, 5.41) is 0. The average molecular weight is 134 g/mol. The van der Waals surface area contributed by atoms with Crippen molar-refractivity contribution in [3.63, 3.8) is 0 Å². The lowest BCUT2D eigenvalue weighted by atomic mass is 10.1. The van der Waals surface area contributed by atoms with Crippen molar-refractivity contribution in [2.45, 2.75) is 20.0 Å². The standard InChI is InChI=1S/C6H11FO2/c1-5(2)6(7)3-9-4-8/h4-6H,3H2,1-2H3. The lowest BCUT2D eigenvalue weighted by molar-refractivity contribution is -0.130. The van der Waals surface area contributed by atoms with Crippen molar-refractivity contribution in [1.82, 2.24) is 0 Å². The third-order valence-corrected chi connectivity index (χ3v) is 1.05. The summed E-state index contributed by atoms with van der Waals surface area (Å²) in [6.45, 7) is 3.60. The second-order valence-electron chi connectivity index (χ2n) is 2.19. The predicted octanol–water partition coefficient (Wildman–Crippen LogP) is 1.15. The molecule has 54 valence electrons. The summed E-state index contributed by atoms with van der Waals surface area (Å²) in [5.41, 5.74) is 0. The fourth-order valence-corrected chi connectivity index (χ4v) is 0.324. The van der Waals surface area contributed by atoms with Crippen LogP contribution < -0.4 is 0 Å². The molecular formula is C6H11FO2. The van der Waals surface area contributed by atoms with Gasteiger partial charge in [-0.1, -0.05) is 13.8 Å². The number of carbonyl (C=O) groups is 1. The van der Waals surface area contributed by atoms with E-state index in [-0.39, 0.29) is 19.0 Å². The van der Waals surface area contributed by atoms with Gasteiger partial charge in [0.1, 0.15) is 12.8 Å². The maximum Gasteiger partial charge on any atom is 0.293 e. The Labute approximate surface area is 54.0 Å². The van der Waals surface area contributed by atoms with Gasteiger partial charge in [-0.25, -0.2) is 4.39 Å². The van der Waals surface area contributed by atoms with E-state index < -0.39 is 6.17 Å². The van der Waals surface area contributed by atoms with E-state index in [1.165, 1.54) is 0 Å². The molecular weight excluding hydrogens is 123 g/mol. The molecule has 0 spiro atoms. The first-order chi connectivity index (χ1) is 4.18. The fourth-order valence-electron chi connectivity index (χ4n) is 0.324. The predicted molar refractivity (Wildman–Crippen MR) is 31.7 cm³/mol. The minimum absolute atomic E-state index is 0.0788. The van der Waals surface area contributed by atoms with Crippen LogP contribution in [0.3, 0.4) is 0 Å². The number of ether oxygens (including phenoxy) is 1. The first-order valence-corrected chi connectivity index (χ1v) is 2.87. The summed E-state index contributed by atoms with van der Waals surface area (Å²) in [4.78, 5) is 9.54. The van der Waals surface area contributed by atoms with Gasteiger partial charge in [0.05, 0.1) is 0 Å². The third-order valence-electron chi connectivity index (χ3n) is 1.05. The Morgan fingerprint density at radius 2 is 2.22 bits per heavy atom. The summed E-state index contributed by atoms with van der Waals surface area (Å²) in [6, 6.07) is 0. The molecule has 0 radical (unpaired) electrons. The van der Waals surface area contributed by atoms with E-state index in [2.05, 4.69) is 4.74 Å². The highest BCUT2D eigenvalue weighted by molar-refractivity contribution is 5.36. The van der Waals surface area contributed by atoms with Gasteiger partial charge in [0.25, 0.3) is 6.47 Å². The van der Waals surface area contributed by atoms with Gasteiger partial charge in [0.15, 0.2) is 0 Å². The maximum atomic E-state index is 12.4. The Hall–Kier alpha value is -0.600. The van der Waals surface area contributed by atoms with Gasteiger partial charge in [0, 0.05) is 0 Å². The monoisotopic (exact) mass is 134 g/mol. The molecule has 0 N–H and O–H groups in total. The second-order valence-corrected chi connectivity index (χ2v) is 2.19. The molecule has 3 heteroatoms. The van der Waals surface area contributed by atoms with Gasteiger partial charge in [-0.05, 0) is 5.92 Å². The van der Waals surface area contributed by atoms with Crippen LogP contribution in [0.15, 0.2) is 0 Å². The molecule has 0 aliphatic heterocycles. The van der Waals surface area contributed by atoms with Crippen LogP contribution in [-0.4, -0.2) is 19.3 Å². The smallest absolute Gasteiger partial charge is 0.293 e. The molecule has 0 aliphatic carbocycles. The summed E-state index contributed by atoms with van der Waals surface area (Å²) in [6.07, 6.45) is -1.03. The summed E-state index contributed by atoms with van der Waals surface area (Å²) < 4.78 is 16.6. The summed E-state index contributed by atoms with van der Waals surface area (Å²) in [7, 11) is 0. The topological polar surface area (TPSA) is 26.3 Å². The average Bonchev–Trinajstić information content (AvgIpc) is 1.82. The quantitative estimate of drug-likeness (QED) is 0.539. The Morgan fingerprint density at radius 3 is 2.56 bits per heavy atom. The van der Waals surface area contributed by atoms with Crippen LogP contribution in [0.1, 0.15) is 13.8 Å². The van der Waals surface area contributed by atoms with Crippen molar-refractivity contribution in [1.29, 1.82) is 0 Å². The second kappa shape index (κ2) is 4.30. The Morgan fingerprint density at radius 1 is 1.67 bits per heavy atom. The van der Waals surface area contributed by atoms with Crippen molar-refractivity contribution < 1.29 is 13.9 Å². The highest BCUT2D eigenvalue weighted by atomic mass is 19.1. The van der Waals surface area contributed by atoms with Crippen molar-refractivity contribution in [3.05, 3.63) is 0 Å². The minimum atomic E-state index is -1.03. The Balaban J connectivity index is 3.26. The van der Waals surface area contributed by atoms with Crippen LogP contribution >= 0.6 is 0 Å². The number of halogens is 1. The maximum absolute atomic E-state index is 12.4. The molecule has 1 atom stereocenters. The molecule has 0 saturated carbocycles. The number of alkyl halides is 1. The third kappa shape index (κ3) is 3.94. The molecule has 0 heterocycles. The van der Waals surface area contributed by atoms with E-state index >= 15 is 0 Å². The van der Waals surface area contributed by atoms with Crippen LogP contribution in [0.5, 0.6) is 0 Å². The molecule has 0 fully saturated rings. The molecule has 0 rings (SSSR count). The zero-order valence-electron chi connectivity index (χ0n) is 5.63. The SMILES string of the molecule is CC(C)C(F)COC=O. The molecule has 0 saturated heterocycles. The highest BCUT2D eigenvalue weighted by Gasteiger charge is 2.10. The molecule has 0 aliphatic rings. The zero-order valence-corrected chi connectivity index (χ0v) is 5.63. The normalized spacial score (nSPS) is 13.3. The lowest BCUT2D eigenvalue weighted by Crippen LogP contribution is -2.15. The highest BCUT2D eigenvalue weighted by Crippen LogP contribution is 2.04. The van der Waals surface area contributed by atoms with Crippen molar-refractivity contribution in [3.8, 4) is 0 Å². The Bertz CT molecular complexity index is 83.1. The Kier molecular flexibility index (Phi) is 4.01. The molecule has 0 amide bonds. The molecule has 2 nitrogen and oxygen atoms in total. The van der Waals surface area contributed by atoms with Crippen LogP contribution in [-0.2, 0) is 9.53 Å². The fraction of sp³-hybridized carbons (Fsp3) is 0.833. The van der Waals surface area contributed by atoms with Gasteiger partial charge in [-0.15, -0.1) is 0 Å². The van der Waals surface area contributed by atoms with E-state index in [9.17, 15) is 9.18 Å². The summed E-state index contributed by atoms with van der Waals surface area (Å²) >= 11 is 0. The van der Waals surface area contributed by atoms with Crippen LogP contribution in [0.25, 0.3) is 0 Å². The van der Waals surface area contributed by atoms with Gasteiger partial charge in [0.2, 0.25) is 0 Å². The first-order valence-electron chi connectivity index (χ1n) is 2.87. The minimum Gasteiger partial charge on any atom is -0.465 e.